The van der Waals surface area contributed by atoms with Gasteiger partial charge in [-0.2, -0.15) is 13.2 Å². The molecule has 2 rings (SSSR count). The largest absolute Gasteiger partial charge is 0.405 e. The molecule has 0 aromatic heterocycles. The molecule has 6 nitrogen and oxygen atoms in total. The fourth-order valence-corrected chi connectivity index (χ4v) is 2.23. The van der Waals surface area contributed by atoms with Gasteiger partial charge in [0.15, 0.2) is 0 Å². The zero-order valence-electron chi connectivity index (χ0n) is 12.8. The van der Waals surface area contributed by atoms with Gasteiger partial charge in [0.2, 0.25) is 11.8 Å². The molecule has 0 bridgehead atoms. The maximum atomic E-state index is 12.4. The number of nitrogens with two attached hydrogens (primary N) is 1. The van der Waals surface area contributed by atoms with Gasteiger partial charge in [0.25, 0.3) is 5.91 Å². The van der Waals surface area contributed by atoms with Gasteiger partial charge >= 0.3 is 6.18 Å². The van der Waals surface area contributed by atoms with Crippen molar-refractivity contribution in [2.24, 2.45) is 5.73 Å². The smallest absolute Gasteiger partial charge is 0.366 e. The maximum absolute atomic E-state index is 12.4. The molecule has 0 aliphatic rings. The van der Waals surface area contributed by atoms with Crippen LogP contribution in [0, 0.1) is 0 Å². The SMILES string of the molecule is NC(=O)c1ccc2ccccc2c1C(=O)NCC(=O)NCC(F)(F)F. The van der Waals surface area contributed by atoms with Gasteiger partial charge in [0.1, 0.15) is 6.54 Å². The number of hydrogen-bond donors (Lipinski definition) is 3. The second-order valence-corrected chi connectivity index (χ2v) is 5.15. The Morgan fingerprint density at radius 2 is 1.68 bits per heavy atom. The third-order valence-electron chi connectivity index (χ3n) is 3.32. The molecule has 0 unspecified atom stereocenters. The fourth-order valence-electron chi connectivity index (χ4n) is 2.23. The summed E-state index contributed by atoms with van der Waals surface area (Å²) < 4.78 is 36.1. The van der Waals surface area contributed by atoms with Crippen LogP contribution in [0.3, 0.4) is 0 Å². The molecule has 132 valence electrons. The van der Waals surface area contributed by atoms with Gasteiger partial charge in [-0.1, -0.05) is 30.3 Å². The molecule has 0 atom stereocenters. The van der Waals surface area contributed by atoms with Crippen LogP contribution < -0.4 is 16.4 Å². The van der Waals surface area contributed by atoms with Crippen LogP contribution in [0.5, 0.6) is 0 Å². The first kappa shape index (κ1) is 18.2. The van der Waals surface area contributed by atoms with Crippen molar-refractivity contribution in [1.29, 1.82) is 0 Å². The van der Waals surface area contributed by atoms with E-state index in [1.165, 1.54) is 6.07 Å². The van der Waals surface area contributed by atoms with Crippen LogP contribution >= 0.6 is 0 Å². The summed E-state index contributed by atoms with van der Waals surface area (Å²) in [5, 5.41) is 4.93. The van der Waals surface area contributed by atoms with Crippen molar-refractivity contribution in [2.75, 3.05) is 13.1 Å². The number of carbonyl (C=O) groups excluding carboxylic acids is 3. The minimum absolute atomic E-state index is 0.0331. The number of carbonyl (C=O) groups is 3. The average Bonchev–Trinajstić information content (AvgIpc) is 2.56. The molecule has 0 saturated carbocycles. The third-order valence-corrected chi connectivity index (χ3v) is 3.32. The van der Waals surface area contributed by atoms with Crippen molar-refractivity contribution in [3.8, 4) is 0 Å². The van der Waals surface area contributed by atoms with E-state index in [1.807, 2.05) is 0 Å². The van der Waals surface area contributed by atoms with Crippen LogP contribution in [0.2, 0.25) is 0 Å². The number of hydrogen-bond acceptors (Lipinski definition) is 3. The Labute approximate surface area is 140 Å². The third kappa shape index (κ3) is 4.69. The van der Waals surface area contributed by atoms with Crippen LogP contribution in [-0.2, 0) is 4.79 Å². The molecule has 0 radical (unpaired) electrons. The molecular weight excluding hydrogens is 339 g/mol. The highest BCUT2D eigenvalue weighted by Gasteiger charge is 2.27. The van der Waals surface area contributed by atoms with E-state index in [0.717, 1.165) is 0 Å². The van der Waals surface area contributed by atoms with Gasteiger partial charge in [0, 0.05) is 0 Å². The van der Waals surface area contributed by atoms with Crippen molar-refractivity contribution >= 4 is 28.5 Å². The topological polar surface area (TPSA) is 101 Å². The van der Waals surface area contributed by atoms with E-state index in [2.05, 4.69) is 5.32 Å². The van der Waals surface area contributed by atoms with E-state index < -0.39 is 37.0 Å². The first-order valence-corrected chi connectivity index (χ1v) is 7.12. The zero-order chi connectivity index (χ0) is 18.6. The first-order valence-electron chi connectivity index (χ1n) is 7.12. The molecule has 0 saturated heterocycles. The Morgan fingerprint density at radius 1 is 1.00 bits per heavy atom. The number of nitrogens with one attached hydrogen (secondary N) is 2. The van der Waals surface area contributed by atoms with Crippen molar-refractivity contribution < 1.29 is 27.6 Å². The number of alkyl halides is 3. The molecule has 3 amide bonds. The predicted molar refractivity (Wildman–Crippen MR) is 83.9 cm³/mol. The molecule has 25 heavy (non-hydrogen) atoms. The van der Waals surface area contributed by atoms with Crippen molar-refractivity contribution in [1.82, 2.24) is 10.6 Å². The molecular formula is C16H14F3N3O3. The second kappa shape index (κ2) is 7.20. The van der Waals surface area contributed by atoms with Crippen molar-refractivity contribution in [3.63, 3.8) is 0 Å². The number of fused-ring (bicyclic) bond motifs is 1. The summed E-state index contributed by atoms with van der Waals surface area (Å²) in [5.41, 5.74) is 5.19. The van der Waals surface area contributed by atoms with Gasteiger partial charge in [-0.25, -0.2) is 0 Å². The average molecular weight is 353 g/mol. The van der Waals surface area contributed by atoms with E-state index in [9.17, 15) is 27.6 Å². The molecule has 0 aliphatic heterocycles. The molecule has 0 fully saturated rings. The summed E-state index contributed by atoms with van der Waals surface area (Å²) in [5.74, 6) is -2.63. The molecule has 4 N–H and O–H groups in total. The number of primary amides is 1. The minimum Gasteiger partial charge on any atom is -0.366 e. The molecule has 2 aromatic carbocycles. The summed E-state index contributed by atoms with van der Waals surface area (Å²) in [6, 6.07) is 9.69. The number of benzene rings is 2. The van der Waals surface area contributed by atoms with Crippen molar-refractivity contribution in [2.45, 2.75) is 6.18 Å². The summed E-state index contributed by atoms with van der Waals surface area (Å²) in [6.45, 7) is -2.17. The fraction of sp³-hybridized carbons (Fsp3) is 0.188. The predicted octanol–water partition coefficient (Wildman–Crippen LogP) is 1.35. The Balaban J connectivity index is 2.20. The van der Waals surface area contributed by atoms with E-state index in [0.29, 0.717) is 10.8 Å². The molecule has 0 heterocycles. The van der Waals surface area contributed by atoms with E-state index in [-0.39, 0.29) is 11.1 Å². The van der Waals surface area contributed by atoms with Gasteiger partial charge in [0.05, 0.1) is 17.7 Å². The Hall–Kier alpha value is -3.10. The quantitative estimate of drug-likeness (QED) is 0.756. The standard InChI is InChI=1S/C16H14F3N3O3/c17-16(18,19)8-22-12(23)7-21-15(25)13-10-4-2-1-3-9(10)5-6-11(13)14(20)24/h1-6H,7-8H2,(H2,20,24)(H,21,25)(H,22,23). The summed E-state index contributed by atoms with van der Waals surface area (Å²) >= 11 is 0. The van der Waals surface area contributed by atoms with E-state index >= 15 is 0 Å². The van der Waals surface area contributed by atoms with Crippen LogP contribution in [0.25, 0.3) is 10.8 Å². The number of halogens is 3. The second-order valence-electron chi connectivity index (χ2n) is 5.15. The normalized spacial score (nSPS) is 11.2. The zero-order valence-corrected chi connectivity index (χ0v) is 12.8. The van der Waals surface area contributed by atoms with Gasteiger partial charge in [-0.05, 0) is 16.8 Å². The maximum Gasteiger partial charge on any atom is 0.405 e. The number of amides is 3. The highest BCUT2D eigenvalue weighted by atomic mass is 19.4. The lowest BCUT2D eigenvalue weighted by Gasteiger charge is -2.12. The monoisotopic (exact) mass is 353 g/mol. The lowest BCUT2D eigenvalue weighted by molar-refractivity contribution is -0.137. The van der Waals surface area contributed by atoms with Gasteiger partial charge in [-0.15, -0.1) is 0 Å². The lowest BCUT2D eigenvalue weighted by Crippen LogP contribution is -2.41. The van der Waals surface area contributed by atoms with Crippen LogP contribution in [0.4, 0.5) is 13.2 Å². The molecule has 9 heteroatoms. The summed E-state index contributed by atoms with van der Waals surface area (Å²) in [7, 11) is 0. The van der Waals surface area contributed by atoms with Gasteiger partial charge in [-0.3, -0.25) is 14.4 Å². The molecule has 2 aromatic rings. The van der Waals surface area contributed by atoms with E-state index in [4.69, 9.17) is 5.73 Å². The van der Waals surface area contributed by atoms with Crippen LogP contribution in [0.15, 0.2) is 36.4 Å². The molecule has 0 spiro atoms. The lowest BCUT2D eigenvalue weighted by atomic mass is 9.98. The Kier molecular flexibility index (Phi) is 5.26. The van der Waals surface area contributed by atoms with Crippen molar-refractivity contribution in [3.05, 3.63) is 47.5 Å². The molecule has 0 aliphatic carbocycles. The highest BCUT2D eigenvalue weighted by Crippen LogP contribution is 2.22. The van der Waals surface area contributed by atoms with Crippen LogP contribution in [0.1, 0.15) is 20.7 Å². The first-order chi connectivity index (χ1) is 11.7. The summed E-state index contributed by atoms with van der Waals surface area (Å²) in [4.78, 5) is 35.3. The Bertz CT molecular complexity index is 834. The van der Waals surface area contributed by atoms with Gasteiger partial charge < -0.3 is 16.4 Å². The Morgan fingerprint density at radius 3 is 2.32 bits per heavy atom. The van der Waals surface area contributed by atoms with Crippen LogP contribution in [-0.4, -0.2) is 37.0 Å². The highest BCUT2D eigenvalue weighted by molar-refractivity contribution is 6.15. The summed E-state index contributed by atoms with van der Waals surface area (Å²) in [6.07, 6.45) is -4.55. The van der Waals surface area contributed by atoms with E-state index in [1.54, 1.807) is 35.6 Å². The minimum atomic E-state index is -4.55. The number of rotatable bonds is 5.